The summed E-state index contributed by atoms with van der Waals surface area (Å²) >= 11 is 1.22. The molecule has 14 heavy (non-hydrogen) atoms. The number of rotatable bonds is 1. The second kappa shape index (κ2) is 3.20. The summed E-state index contributed by atoms with van der Waals surface area (Å²) in [6.07, 6.45) is -2.50. The number of alkyl halides is 2. The number of benzene rings is 1. The highest BCUT2D eigenvalue weighted by molar-refractivity contribution is 7.22. The van der Waals surface area contributed by atoms with Crippen molar-refractivity contribution in [1.82, 2.24) is 0 Å². The lowest BCUT2D eigenvalue weighted by atomic mass is 10.1. The van der Waals surface area contributed by atoms with Crippen molar-refractivity contribution in [3.63, 3.8) is 0 Å². The average Bonchev–Trinajstić information content (AvgIpc) is 2.42. The molecule has 2 aromatic rings. The molecule has 2 N–H and O–H groups in total. The Morgan fingerprint density at radius 3 is 2.71 bits per heavy atom. The molecule has 0 fully saturated rings. The van der Waals surface area contributed by atoms with E-state index in [2.05, 4.69) is 0 Å². The standard InChI is InChI=1S/C10H9F2NS/c1-5-3-2-4-6-7(5)8(9(11)12)10(13)14-6/h2-4,9H,13H2,1H3. The van der Waals surface area contributed by atoms with E-state index in [1.54, 1.807) is 0 Å². The molecule has 1 nitrogen and oxygen atoms in total. The van der Waals surface area contributed by atoms with Gasteiger partial charge in [0.15, 0.2) is 0 Å². The molecule has 0 aliphatic heterocycles. The molecule has 0 bridgehead atoms. The number of thiophene rings is 1. The van der Waals surface area contributed by atoms with Gasteiger partial charge >= 0.3 is 0 Å². The third kappa shape index (κ3) is 1.26. The summed E-state index contributed by atoms with van der Waals surface area (Å²) in [5, 5.41) is 0.842. The van der Waals surface area contributed by atoms with Gasteiger partial charge in [0, 0.05) is 10.1 Å². The van der Waals surface area contributed by atoms with Crippen LogP contribution in [0.4, 0.5) is 13.8 Å². The smallest absolute Gasteiger partial charge is 0.267 e. The van der Waals surface area contributed by atoms with Gasteiger partial charge in [-0.15, -0.1) is 11.3 Å². The summed E-state index contributed by atoms with van der Waals surface area (Å²) in [4.78, 5) is 0. The van der Waals surface area contributed by atoms with E-state index in [4.69, 9.17) is 5.73 Å². The minimum absolute atomic E-state index is 0.0110. The molecule has 0 saturated heterocycles. The molecule has 0 aliphatic carbocycles. The Balaban J connectivity index is 2.86. The van der Waals surface area contributed by atoms with Crippen LogP contribution >= 0.6 is 11.3 Å². The molecule has 4 heteroatoms. The predicted octanol–water partition coefficient (Wildman–Crippen LogP) is 3.73. The van der Waals surface area contributed by atoms with Crippen LogP contribution in [-0.2, 0) is 0 Å². The topological polar surface area (TPSA) is 26.0 Å². The Morgan fingerprint density at radius 1 is 1.36 bits per heavy atom. The second-order valence-corrected chi connectivity index (χ2v) is 4.21. The fourth-order valence-electron chi connectivity index (χ4n) is 1.58. The van der Waals surface area contributed by atoms with Gasteiger partial charge in [0.05, 0.1) is 10.6 Å². The van der Waals surface area contributed by atoms with E-state index in [1.165, 1.54) is 11.3 Å². The lowest BCUT2D eigenvalue weighted by Gasteiger charge is -2.01. The van der Waals surface area contributed by atoms with Crippen molar-refractivity contribution >= 4 is 26.4 Å². The van der Waals surface area contributed by atoms with Gasteiger partial charge in [-0.25, -0.2) is 8.78 Å². The minimum Gasteiger partial charge on any atom is -0.390 e. The Bertz CT molecular complexity index is 476. The zero-order valence-electron chi connectivity index (χ0n) is 7.55. The Hall–Kier alpha value is -1.16. The third-order valence-corrected chi connectivity index (χ3v) is 3.21. The first-order valence-electron chi connectivity index (χ1n) is 4.17. The number of fused-ring (bicyclic) bond motifs is 1. The summed E-state index contributed by atoms with van der Waals surface area (Å²) in [7, 11) is 0. The zero-order chi connectivity index (χ0) is 10.3. The van der Waals surface area contributed by atoms with Gasteiger partial charge in [-0.2, -0.15) is 0 Å². The van der Waals surface area contributed by atoms with Crippen LogP contribution in [0.25, 0.3) is 10.1 Å². The van der Waals surface area contributed by atoms with Crippen molar-refractivity contribution in [3.05, 3.63) is 29.3 Å². The van der Waals surface area contributed by atoms with Gasteiger partial charge < -0.3 is 5.73 Å². The maximum atomic E-state index is 12.7. The van der Waals surface area contributed by atoms with Crippen LogP contribution in [0, 0.1) is 6.92 Å². The molecular weight excluding hydrogens is 204 g/mol. The third-order valence-electron chi connectivity index (χ3n) is 2.21. The number of hydrogen-bond donors (Lipinski definition) is 1. The van der Waals surface area contributed by atoms with Gasteiger partial charge in [0.25, 0.3) is 6.43 Å². The minimum atomic E-state index is -2.50. The first-order valence-corrected chi connectivity index (χ1v) is 4.98. The van der Waals surface area contributed by atoms with E-state index >= 15 is 0 Å². The summed E-state index contributed by atoms with van der Waals surface area (Å²) in [5.74, 6) is 0. The van der Waals surface area contributed by atoms with Crippen LogP contribution in [0.1, 0.15) is 17.6 Å². The summed E-state index contributed by atoms with van der Waals surface area (Å²) < 4.78 is 26.2. The molecule has 0 spiro atoms. The SMILES string of the molecule is Cc1cccc2sc(N)c(C(F)F)c12. The molecule has 1 heterocycles. The Kier molecular flexibility index (Phi) is 2.15. The maximum Gasteiger partial charge on any atom is 0.267 e. The van der Waals surface area contributed by atoms with Crippen molar-refractivity contribution < 1.29 is 8.78 Å². The van der Waals surface area contributed by atoms with E-state index in [-0.39, 0.29) is 10.6 Å². The highest BCUT2D eigenvalue weighted by Gasteiger charge is 2.19. The fourth-order valence-corrected chi connectivity index (χ4v) is 2.64. The highest BCUT2D eigenvalue weighted by atomic mass is 32.1. The normalized spacial score (nSPS) is 11.4. The number of hydrogen-bond acceptors (Lipinski definition) is 2. The lowest BCUT2D eigenvalue weighted by Crippen LogP contribution is -1.90. The first kappa shape index (κ1) is 9.40. The summed E-state index contributed by atoms with van der Waals surface area (Å²) in [6, 6.07) is 5.48. The van der Waals surface area contributed by atoms with Crippen molar-refractivity contribution in [2.75, 3.05) is 5.73 Å². The molecule has 0 amide bonds. The molecule has 0 saturated carbocycles. The number of anilines is 1. The quantitative estimate of drug-likeness (QED) is 0.767. The maximum absolute atomic E-state index is 12.7. The fraction of sp³-hybridized carbons (Fsp3) is 0.200. The number of aryl methyl sites for hydroxylation is 1. The number of nitrogens with two attached hydrogens (primary N) is 1. The van der Waals surface area contributed by atoms with E-state index in [0.29, 0.717) is 5.39 Å². The monoisotopic (exact) mass is 213 g/mol. The highest BCUT2D eigenvalue weighted by Crippen LogP contribution is 2.40. The average molecular weight is 213 g/mol. The van der Waals surface area contributed by atoms with E-state index in [0.717, 1.165) is 10.3 Å². The lowest BCUT2D eigenvalue weighted by molar-refractivity contribution is 0.154. The number of nitrogen functional groups attached to an aromatic ring is 1. The molecular formula is C10H9F2NS. The number of halogens is 2. The van der Waals surface area contributed by atoms with Crippen LogP contribution < -0.4 is 5.73 Å². The molecule has 1 aromatic carbocycles. The van der Waals surface area contributed by atoms with Crippen LogP contribution in [-0.4, -0.2) is 0 Å². The van der Waals surface area contributed by atoms with E-state index in [1.807, 2.05) is 25.1 Å². The molecule has 1 aromatic heterocycles. The molecule has 0 unspecified atom stereocenters. The molecule has 0 aliphatic rings. The second-order valence-electron chi connectivity index (χ2n) is 3.13. The van der Waals surface area contributed by atoms with Gasteiger partial charge in [-0.05, 0) is 18.6 Å². The van der Waals surface area contributed by atoms with Crippen molar-refractivity contribution in [2.45, 2.75) is 13.3 Å². The van der Waals surface area contributed by atoms with Gasteiger partial charge in [0.1, 0.15) is 0 Å². The molecule has 2 rings (SSSR count). The summed E-state index contributed by atoms with van der Waals surface area (Å²) in [6.45, 7) is 1.82. The van der Waals surface area contributed by atoms with Crippen molar-refractivity contribution in [1.29, 1.82) is 0 Å². The van der Waals surface area contributed by atoms with E-state index in [9.17, 15) is 8.78 Å². The van der Waals surface area contributed by atoms with Crippen LogP contribution in [0.2, 0.25) is 0 Å². The summed E-state index contributed by atoms with van der Waals surface area (Å²) in [5.41, 5.74) is 6.40. The zero-order valence-corrected chi connectivity index (χ0v) is 8.37. The molecule has 74 valence electrons. The van der Waals surface area contributed by atoms with Gasteiger partial charge in [0.2, 0.25) is 0 Å². The first-order chi connectivity index (χ1) is 6.61. The van der Waals surface area contributed by atoms with Crippen molar-refractivity contribution in [3.8, 4) is 0 Å². The molecule has 0 atom stereocenters. The van der Waals surface area contributed by atoms with Crippen LogP contribution in [0.3, 0.4) is 0 Å². The Labute approximate surface area is 84.2 Å². The van der Waals surface area contributed by atoms with Crippen LogP contribution in [0.15, 0.2) is 18.2 Å². The van der Waals surface area contributed by atoms with Gasteiger partial charge in [-0.3, -0.25) is 0 Å². The van der Waals surface area contributed by atoms with E-state index < -0.39 is 6.43 Å². The van der Waals surface area contributed by atoms with Crippen LogP contribution in [0.5, 0.6) is 0 Å². The Morgan fingerprint density at radius 2 is 2.07 bits per heavy atom. The van der Waals surface area contributed by atoms with Gasteiger partial charge in [-0.1, -0.05) is 12.1 Å². The predicted molar refractivity (Wildman–Crippen MR) is 55.9 cm³/mol. The molecule has 0 radical (unpaired) electrons. The van der Waals surface area contributed by atoms with Crippen molar-refractivity contribution in [2.24, 2.45) is 0 Å². The largest absolute Gasteiger partial charge is 0.390 e.